The number of esters is 1. The lowest BCUT2D eigenvalue weighted by Gasteiger charge is -2.55. The second-order valence-corrected chi connectivity index (χ2v) is 19.4. The van der Waals surface area contributed by atoms with Crippen LogP contribution < -0.4 is 9.47 Å². The fraction of sp³-hybridized carbons (Fsp3) is 0.513. The summed E-state index contributed by atoms with van der Waals surface area (Å²) in [6, 6.07) is 22.0. The Bertz CT molecular complexity index is 1810. The normalized spacial score (nSPS) is 27.8. The molecule has 4 saturated carbocycles. The molecule has 8 rings (SSSR count). The molecule has 0 radical (unpaired) electrons. The van der Waals surface area contributed by atoms with Crippen molar-refractivity contribution in [3.05, 3.63) is 78.4 Å². The molecular formula is C39H45F2O8S2+. The number of alkyl halides is 2. The molecular weight excluding hydrogens is 699 g/mol. The van der Waals surface area contributed by atoms with Crippen LogP contribution in [-0.2, 0) is 41.1 Å². The van der Waals surface area contributed by atoms with Gasteiger partial charge in [0.25, 0.3) is 0 Å². The predicted molar refractivity (Wildman–Crippen MR) is 187 cm³/mol. The highest BCUT2D eigenvalue weighted by Crippen LogP contribution is 2.60. The first-order chi connectivity index (χ1) is 24.0. The summed E-state index contributed by atoms with van der Waals surface area (Å²) in [6.07, 6.45) is 4.37. The third-order valence-electron chi connectivity index (χ3n) is 11.0. The molecule has 1 saturated heterocycles. The highest BCUT2D eigenvalue weighted by Gasteiger charge is 2.56. The van der Waals surface area contributed by atoms with Gasteiger partial charge in [0.05, 0.1) is 29.5 Å². The van der Waals surface area contributed by atoms with Gasteiger partial charge in [-0.15, -0.1) is 0 Å². The average molecular weight is 744 g/mol. The van der Waals surface area contributed by atoms with Crippen LogP contribution >= 0.6 is 0 Å². The summed E-state index contributed by atoms with van der Waals surface area (Å²) in [7, 11) is -6.36. The largest absolute Gasteiger partial charge is 0.483 e. The van der Waals surface area contributed by atoms with Gasteiger partial charge < -0.3 is 18.9 Å². The number of rotatable bonds is 10. The van der Waals surface area contributed by atoms with Crippen molar-refractivity contribution in [2.45, 2.75) is 98.1 Å². The minimum atomic E-state index is -5.67. The van der Waals surface area contributed by atoms with E-state index in [1.54, 1.807) is 12.1 Å². The molecule has 5 fully saturated rings. The molecule has 4 bridgehead atoms. The topological polar surface area (TPSA) is 108 Å². The van der Waals surface area contributed by atoms with E-state index in [0.717, 1.165) is 46.4 Å². The molecule has 51 heavy (non-hydrogen) atoms. The molecule has 0 spiro atoms. The molecule has 0 amide bonds. The summed E-state index contributed by atoms with van der Waals surface area (Å²) in [5.74, 6) is 1.39. The molecule has 1 heterocycles. The second-order valence-electron chi connectivity index (χ2n) is 15.8. The molecule has 8 nitrogen and oxygen atoms in total. The summed E-state index contributed by atoms with van der Waals surface area (Å²) < 4.78 is 83.4. The minimum Gasteiger partial charge on any atom is -0.483 e. The first-order valence-electron chi connectivity index (χ1n) is 17.5. The number of carbonyl (C=O) groups is 1. The molecule has 3 aromatic rings. The first-order valence-corrected chi connectivity index (χ1v) is 20.2. The minimum absolute atomic E-state index is 0.0165. The Labute approximate surface area is 301 Å². The van der Waals surface area contributed by atoms with Crippen molar-refractivity contribution in [2.24, 2.45) is 28.6 Å². The van der Waals surface area contributed by atoms with Crippen molar-refractivity contribution in [3.63, 3.8) is 0 Å². The smallest absolute Gasteiger partial charge is 0.405 e. The van der Waals surface area contributed by atoms with Crippen molar-refractivity contribution in [1.82, 2.24) is 0 Å². The van der Waals surface area contributed by atoms with E-state index in [0.29, 0.717) is 36.7 Å². The molecule has 4 aliphatic carbocycles. The van der Waals surface area contributed by atoms with Gasteiger partial charge >= 0.3 is 21.3 Å². The van der Waals surface area contributed by atoms with Gasteiger partial charge in [0, 0.05) is 11.0 Å². The van der Waals surface area contributed by atoms with Crippen molar-refractivity contribution in [3.8, 4) is 11.5 Å². The number of carbonyl (C=O) groups excluding carboxylic acids is 1. The Morgan fingerprint density at radius 1 is 0.804 bits per heavy atom. The zero-order valence-corrected chi connectivity index (χ0v) is 30.9. The Morgan fingerprint density at radius 2 is 1.24 bits per heavy atom. The lowest BCUT2D eigenvalue weighted by atomic mass is 9.49. The molecule has 0 aromatic heterocycles. The van der Waals surface area contributed by atoms with Crippen molar-refractivity contribution in [2.75, 3.05) is 13.2 Å². The van der Waals surface area contributed by atoms with Crippen LogP contribution in [0.4, 0.5) is 8.78 Å². The van der Waals surface area contributed by atoms with Crippen LogP contribution in [0, 0.1) is 28.6 Å². The quantitative estimate of drug-likeness (QED) is 0.0955. The molecule has 3 aromatic carbocycles. The van der Waals surface area contributed by atoms with Gasteiger partial charge in [-0.05, 0) is 143 Å². The second kappa shape index (κ2) is 13.1. The molecule has 1 N–H and O–H groups in total. The number of ether oxygens (including phenoxy) is 4. The number of hydrogen-bond acceptors (Lipinski definition) is 7. The number of hydrogen-bond donors (Lipinski definition) is 1. The lowest BCUT2D eigenvalue weighted by Crippen LogP contribution is -2.51. The van der Waals surface area contributed by atoms with Gasteiger partial charge in [0.1, 0.15) is 11.5 Å². The van der Waals surface area contributed by atoms with E-state index in [4.69, 9.17) is 23.5 Å². The maximum atomic E-state index is 14.2. The van der Waals surface area contributed by atoms with E-state index in [2.05, 4.69) is 13.8 Å². The zero-order valence-electron chi connectivity index (χ0n) is 29.3. The Hall–Kier alpha value is -3.03. The van der Waals surface area contributed by atoms with E-state index in [1.165, 1.54) is 31.4 Å². The van der Waals surface area contributed by atoms with Crippen molar-refractivity contribution >= 4 is 27.0 Å². The summed E-state index contributed by atoms with van der Waals surface area (Å²) in [5.41, 5.74) is 0.414. The standard InChI is InChI=1S/C39H44F2O8S2/c1-25(39(40,41)51(43,44)45)48-30-7-13-33(14-8-30)50(32-11-5-29(6-12-32)37(4)46-23-36(2,3)24-47-37)34-15-9-31(10-16-34)49-35(42)38-20-26-17-27(21-38)19-28(18-26)22-38/h5-16,25-28H,17-24H2,1-4H3/p+1. The van der Waals surface area contributed by atoms with Crippen LogP contribution in [0.3, 0.4) is 0 Å². The van der Waals surface area contributed by atoms with Crippen molar-refractivity contribution in [1.29, 1.82) is 0 Å². The highest BCUT2D eigenvalue weighted by molar-refractivity contribution is 7.97. The van der Waals surface area contributed by atoms with E-state index >= 15 is 0 Å². The fourth-order valence-corrected chi connectivity index (χ4v) is 11.1. The van der Waals surface area contributed by atoms with Crippen LogP contribution in [0.5, 0.6) is 11.5 Å². The maximum absolute atomic E-state index is 14.2. The summed E-state index contributed by atoms with van der Waals surface area (Å²) in [4.78, 5) is 16.3. The molecule has 5 aliphatic rings. The van der Waals surface area contributed by atoms with Crippen LogP contribution in [0.1, 0.15) is 71.8 Å². The van der Waals surface area contributed by atoms with Gasteiger partial charge in [-0.25, -0.2) is 0 Å². The number of benzene rings is 3. The molecule has 274 valence electrons. The first kappa shape index (κ1) is 36.3. The molecule has 2 unspecified atom stereocenters. The summed E-state index contributed by atoms with van der Waals surface area (Å²) >= 11 is 0. The highest BCUT2D eigenvalue weighted by atomic mass is 32.2. The third kappa shape index (κ3) is 7.19. The molecule has 1 aliphatic heterocycles. The van der Waals surface area contributed by atoms with Gasteiger partial charge in [-0.3, -0.25) is 9.35 Å². The van der Waals surface area contributed by atoms with E-state index in [9.17, 15) is 22.0 Å². The van der Waals surface area contributed by atoms with Gasteiger partial charge in [0.15, 0.2) is 26.6 Å². The fourth-order valence-electron chi connectivity index (χ4n) is 8.57. The Morgan fingerprint density at radius 3 is 1.69 bits per heavy atom. The van der Waals surface area contributed by atoms with Crippen LogP contribution in [0.2, 0.25) is 0 Å². The number of halogens is 2. The van der Waals surface area contributed by atoms with E-state index in [1.807, 2.05) is 55.5 Å². The molecule has 12 heteroatoms. The third-order valence-corrected chi connectivity index (χ3v) is 14.3. The Balaban J connectivity index is 1.14. The van der Waals surface area contributed by atoms with Gasteiger partial charge in [-0.2, -0.15) is 17.2 Å². The predicted octanol–water partition coefficient (Wildman–Crippen LogP) is 8.40. The van der Waals surface area contributed by atoms with Crippen LogP contribution in [-0.4, -0.2) is 43.5 Å². The monoisotopic (exact) mass is 743 g/mol. The maximum Gasteiger partial charge on any atom is 0.405 e. The van der Waals surface area contributed by atoms with E-state index < -0.39 is 38.2 Å². The summed E-state index contributed by atoms with van der Waals surface area (Å²) in [5, 5.41) is -4.49. The van der Waals surface area contributed by atoms with Gasteiger partial charge in [0.2, 0.25) is 0 Å². The average Bonchev–Trinajstić information content (AvgIpc) is 3.07. The zero-order chi connectivity index (χ0) is 36.4. The lowest BCUT2D eigenvalue weighted by molar-refractivity contribution is -0.298. The van der Waals surface area contributed by atoms with Gasteiger partial charge in [-0.1, -0.05) is 13.8 Å². The summed E-state index contributed by atoms with van der Waals surface area (Å²) in [6.45, 7) is 8.08. The molecule has 2 atom stereocenters. The van der Waals surface area contributed by atoms with Crippen molar-refractivity contribution < 1.29 is 45.5 Å². The SMILES string of the molecule is CC(Oc1ccc([S+](c2ccc(OC(=O)C34CC5CC(CC(C5)C3)C4)cc2)c2ccc(C3(C)OCC(C)(C)CO3)cc2)cc1)C(F)(F)S(=O)(=O)O. The van der Waals surface area contributed by atoms with Crippen LogP contribution in [0.25, 0.3) is 0 Å². The van der Waals surface area contributed by atoms with Crippen LogP contribution in [0.15, 0.2) is 87.5 Å². The van der Waals surface area contributed by atoms with E-state index in [-0.39, 0.29) is 22.5 Å². The Kier molecular flexibility index (Phi) is 9.35.